The van der Waals surface area contributed by atoms with Crippen LogP contribution in [-0.4, -0.2) is 31.1 Å². The van der Waals surface area contributed by atoms with Crippen LogP contribution in [0.4, 0.5) is 11.4 Å². The molecule has 1 heterocycles. The predicted octanol–water partition coefficient (Wildman–Crippen LogP) is 4.91. The number of anilines is 2. The second-order valence-corrected chi connectivity index (χ2v) is 10.5. The largest absolute Gasteiger partial charge is 0.484 e. The Morgan fingerprint density at radius 3 is 2.38 bits per heavy atom. The maximum Gasteiger partial charge on any atom is 0.262 e. The number of carbonyl (C=O) groups is 1. The van der Waals surface area contributed by atoms with Crippen molar-refractivity contribution in [2.45, 2.75) is 38.0 Å². The molecule has 0 saturated heterocycles. The van der Waals surface area contributed by atoms with E-state index in [9.17, 15) is 13.2 Å². The van der Waals surface area contributed by atoms with E-state index in [1.807, 2.05) is 39.0 Å². The van der Waals surface area contributed by atoms with E-state index in [1.165, 1.54) is 24.3 Å². The molecule has 0 radical (unpaired) electrons. The lowest BCUT2D eigenvalue weighted by Gasteiger charge is -2.10. The molecule has 10 heteroatoms. The first-order valence-corrected chi connectivity index (χ1v) is 13.2. The molecular weight excluding hydrogens is 492 g/mol. The van der Waals surface area contributed by atoms with Crippen molar-refractivity contribution < 1.29 is 22.5 Å². The van der Waals surface area contributed by atoms with Crippen LogP contribution in [0.2, 0.25) is 0 Å². The number of amides is 1. The van der Waals surface area contributed by atoms with Gasteiger partial charge in [-0.25, -0.2) is 8.42 Å². The summed E-state index contributed by atoms with van der Waals surface area (Å²) >= 11 is 0. The Bertz CT molecular complexity index is 1460. The van der Waals surface area contributed by atoms with Gasteiger partial charge < -0.3 is 14.6 Å². The molecule has 1 amide bonds. The van der Waals surface area contributed by atoms with Gasteiger partial charge in [-0.1, -0.05) is 43.3 Å². The first-order valence-electron chi connectivity index (χ1n) is 11.7. The third kappa shape index (κ3) is 7.17. The number of nitrogens with one attached hydrogen (secondary N) is 2. The second kappa shape index (κ2) is 11.3. The van der Waals surface area contributed by atoms with E-state index >= 15 is 0 Å². The van der Waals surface area contributed by atoms with Crippen molar-refractivity contribution in [2.75, 3.05) is 16.6 Å². The number of ether oxygens (including phenoxy) is 1. The van der Waals surface area contributed by atoms with Gasteiger partial charge in [-0.2, -0.15) is 4.98 Å². The molecule has 0 bridgehead atoms. The highest BCUT2D eigenvalue weighted by Gasteiger charge is 2.15. The van der Waals surface area contributed by atoms with Gasteiger partial charge in [0.1, 0.15) is 5.75 Å². The van der Waals surface area contributed by atoms with Gasteiger partial charge in [-0.05, 0) is 66.6 Å². The van der Waals surface area contributed by atoms with Crippen LogP contribution in [0.5, 0.6) is 5.75 Å². The lowest BCUT2D eigenvalue weighted by molar-refractivity contribution is -0.118. The highest BCUT2D eigenvalue weighted by atomic mass is 32.2. The predicted molar refractivity (Wildman–Crippen MR) is 140 cm³/mol. The van der Waals surface area contributed by atoms with Crippen molar-refractivity contribution in [3.05, 3.63) is 95.6 Å². The quantitative estimate of drug-likeness (QED) is 0.304. The van der Waals surface area contributed by atoms with Gasteiger partial charge in [0.05, 0.1) is 4.90 Å². The monoisotopic (exact) mass is 520 g/mol. The maximum atomic E-state index is 12.6. The van der Waals surface area contributed by atoms with Crippen LogP contribution < -0.4 is 14.8 Å². The molecule has 1 aromatic heterocycles. The molecule has 3 aromatic carbocycles. The molecule has 0 fully saturated rings. The maximum absolute atomic E-state index is 12.6. The molecule has 192 valence electrons. The van der Waals surface area contributed by atoms with E-state index in [0.717, 1.165) is 11.1 Å². The van der Waals surface area contributed by atoms with Gasteiger partial charge in [0.2, 0.25) is 5.89 Å². The molecule has 0 saturated carbocycles. The Hall–Kier alpha value is -4.18. The number of hydrogen-bond donors (Lipinski definition) is 2. The standard InChI is InChI=1S/C27H28N4O5S/c1-18(2)27-29-25(30-36-27)16-20-7-9-21(10-8-20)28-26(32)17-35-23-11-13-24(14-12-23)37(33,34)31-22-6-4-5-19(3)15-22/h4-15,18,31H,16-17H2,1-3H3,(H,28,32). The number of nitrogens with zero attached hydrogens (tertiary/aromatic N) is 2. The number of sulfonamides is 1. The van der Waals surface area contributed by atoms with Crippen molar-refractivity contribution in [3.63, 3.8) is 0 Å². The van der Waals surface area contributed by atoms with E-state index in [0.29, 0.717) is 35.3 Å². The minimum Gasteiger partial charge on any atom is -0.484 e. The summed E-state index contributed by atoms with van der Waals surface area (Å²) in [6.45, 7) is 5.64. The zero-order valence-electron chi connectivity index (χ0n) is 20.8. The van der Waals surface area contributed by atoms with Crippen LogP contribution in [0.25, 0.3) is 0 Å². The van der Waals surface area contributed by atoms with Crippen molar-refractivity contribution in [1.29, 1.82) is 0 Å². The summed E-state index contributed by atoms with van der Waals surface area (Å²) in [6.07, 6.45) is 0.528. The van der Waals surface area contributed by atoms with Gasteiger partial charge in [-0.3, -0.25) is 9.52 Å². The Morgan fingerprint density at radius 1 is 1.00 bits per heavy atom. The van der Waals surface area contributed by atoms with Crippen molar-refractivity contribution in [2.24, 2.45) is 0 Å². The van der Waals surface area contributed by atoms with Crippen LogP contribution in [0.3, 0.4) is 0 Å². The smallest absolute Gasteiger partial charge is 0.262 e. The average molecular weight is 521 g/mol. The highest BCUT2D eigenvalue weighted by Crippen LogP contribution is 2.20. The Labute approximate surface area is 215 Å². The normalized spacial score (nSPS) is 11.4. The van der Waals surface area contributed by atoms with Crippen LogP contribution >= 0.6 is 0 Å². The molecule has 0 spiro atoms. The molecular formula is C27H28N4O5S. The Balaban J connectivity index is 1.27. The van der Waals surface area contributed by atoms with Crippen LogP contribution in [0, 0.1) is 6.92 Å². The van der Waals surface area contributed by atoms with E-state index in [1.54, 1.807) is 30.3 Å². The summed E-state index contributed by atoms with van der Waals surface area (Å²) < 4.78 is 38.5. The van der Waals surface area contributed by atoms with Gasteiger partial charge in [0, 0.05) is 23.7 Å². The first kappa shape index (κ1) is 25.9. The number of benzene rings is 3. The summed E-state index contributed by atoms with van der Waals surface area (Å²) in [6, 6.07) is 20.3. The van der Waals surface area contributed by atoms with E-state index < -0.39 is 10.0 Å². The van der Waals surface area contributed by atoms with E-state index in [2.05, 4.69) is 20.2 Å². The van der Waals surface area contributed by atoms with Crippen LogP contribution in [-0.2, 0) is 21.2 Å². The van der Waals surface area contributed by atoms with Gasteiger partial charge >= 0.3 is 0 Å². The van der Waals surface area contributed by atoms with E-state index in [4.69, 9.17) is 9.26 Å². The Morgan fingerprint density at radius 2 is 1.73 bits per heavy atom. The second-order valence-electron chi connectivity index (χ2n) is 8.86. The van der Waals surface area contributed by atoms with Crippen molar-refractivity contribution in [3.8, 4) is 5.75 Å². The van der Waals surface area contributed by atoms with Crippen molar-refractivity contribution in [1.82, 2.24) is 10.1 Å². The van der Waals surface area contributed by atoms with Gasteiger partial charge in [0.25, 0.3) is 15.9 Å². The van der Waals surface area contributed by atoms with Gasteiger partial charge in [0.15, 0.2) is 12.4 Å². The lowest BCUT2D eigenvalue weighted by atomic mass is 10.1. The summed E-state index contributed by atoms with van der Waals surface area (Å²) in [5.41, 5.74) is 3.04. The number of aromatic nitrogens is 2. The third-order valence-corrected chi connectivity index (χ3v) is 6.75. The fraction of sp³-hybridized carbons (Fsp3) is 0.222. The molecule has 0 aliphatic carbocycles. The molecule has 0 aliphatic rings. The summed E-state index contributed by atoms with van der Waals surface area (Å²) in [5.74, 6) is 1.42. The summed E-state index contributed by atoms with van der Waals surface area (Å²) in [4.78, 5) is 16.8. The molecule has 4 aromatic rings. The minimum atomic E-state index is -3.74. The third-order valence-electron chi connectivity index (χ3n) is 5.35. The Kier molecular flexibility index (Phi) is 7.88. The topological polar surface area (TPSA) is 123 Å². The van der Waals surface area contributed by atoms with Gasteiger partial charge in [-0.15, -0.1) is 0 Å². The van der Waals surface area contributed by atoms with Crippen LogP contribution in [0.1, 0.15) is 42.6 Å². The van der Waals surface area contributed by atoms with Crippen LogP contribution in [0.15, 0.2) is 82.2 Å². The molecule has 4 rings (SSSR count). The molecule has 9 nitrogen and oxygen atoms in total. The zero-order chi connectivity index (χ0) is 26.4. The lowest BCUT2D eigenvalue weighted by Crippen LogP contribution is -2.20. The highest BCUT2D eigenvalue weighted by molar-refractivity contribution is 7.92. The summed E-state index contributed by atoms with van der Waals surface area (Å²) in [7, 11) is -3.74. The first-order chi connectivity index (χ1) is 17.7. The number of carbonyl (C=O) groups excluding carboxylic acids is 1. The van der Waals surface area contributed by atoms with E-state index in [-0.39, 0.29) is 23.3 Å². The molecule has 0 atom stereocenters. The average Bonchev–Trinajstić information content (AvgIpc) is 3.33. The fourth-order valence-corrected chi connectivity index (χ4v) is 4.50. The fourth-order valence-electron chi connectivity index (χ4n) is 3.45. The SMILES string of the molecule is Cc1cccc(NS(=O)(=O)c2ccc(OCC(=O)Nc3ccc(Cc4noc(C(C)C)n4)cc3)cc2)c1. The minimum absolute atomic E-state index is 0.0900. The molecule has 0 unspecified atom stereocenters. The zero-order valence-corrected chi connectivity index (χ0v) is 21.6. The molecule has 37 heavy (non-hydrogen) atoms. The van der Waals surface area contributed by atoms with Crippen molar-refractivity contribution >= 4 is 27.3 Å². The number of aryl methyl sites for hydroxylation is 1. The number of hydrogen-bond acceptors (Lipinski definition) is 7. The molecule has 2 N–H and O–H groups in total. The number of rotatable bonds is 10. The summed E-state index contributed by atoms with van der Waals surface area (Å²) in [5, 5.41) is 6.76. The molecule has 0 aliphatic heterocycles.